The topological polar surface area (TPSA) is 94.2 Å². The molecule has 0 unspecified atom stereocenters. The number of carbonyl (C=O) groups excluding carboxylic acids is 1. The number of methoxy groups -OCH3 is 2. The van der Waals surface area contributed by atoms with Gasteiger partial charge in [0.15, 0.2) is 6.10 Å². The van der Waals surface area contributed by atoms with Crippen LogP contribution in [0.1, 0.15) is 24.9 Å². The Morgan fingerprint density at radius 1 is 1.23 bits per heavy atom. The Labute approximate surface area is 187 Å². The van der Waals surface area contributed by atoms with Gasteiger partial charge in [-0.05, 0) is 43.3 Å². The summed E-state index contributed by atoms with van der Waals surface area (Å²) in [5.74, 6) is 1.16. The number of sulfonamides is 1. The van der Waals surface area contributed by atoms with Gasteiger partial charge in [-0.1, -0.05) is 11.6 Å². The van der Waals surface area contributed by atoms with Crippen LogP contribution in [0.4, 0.5) is 5.69 Å². The molecule has 1 amide bonds. The quantitative estimate of drug-likeness (QED) is 0.699. The summed E-state index contributed by atoms with van der Waals surface area (Å²) in [5.41, 5.74) is 1.06. The number of nitrogens with one attached hydrogen (secondary N) is 1. The molecular formula is C21H25ClN2O6S. The summed E-state index contributed by atoms with van der Waals surface area (Å²) < 4.78 is 42.3. The molecule has 0 aliphatic carbocycles. The van der Waals surface area contributed by atoms with Crippen molar-refractivity contribution >= 4 is 33.2 Å². The van der Waals surface area contributed by atoms with Crippen LogP contribution in [-0.2, 0) is 14.8 Å². The summed E-state index contributed by atoms with van der Waals surface area (Å²) in [4.78, 5) is 13.0. The first-order valence-electron chi connectivity index (χ1n) is 9.60. The van der Waals surface area contributed by atoms with Crippen molar-refractivity contribution in [2.24, 2.45) is 0 Å². The third-order valence-electron chi connectivity index (χ3n) is 5.01. The number of halogens is 1. The predicted octanol–water partition coefficient (Wildman–Crippen LogP) is 3.15. The van der Waals surface area contributed by atoms with E-state index in [1.54, 1.807) is 44.6 Å². The Bertz CT molecular complexity index is 1080. The second kappa shape index (κ2) is 9.23. The van der Waals surface area contributed by atoms with Gasteiger partial charge in [0, 0.05) is 23.6 Å². The zero-order valence-corrected chi connectivity index (χ0v) is 19.3. The van der Waals surface area contributed by atoms with Crippen molar-refractivity contribution in [2.45, 2.75) is 25.5 Å². The average Bonchev–Trinajstić information content (AvgIpc) is 2.92. The number of nitrogens with zero attached hydrogens (tertiary/aromatic N) is 1. The molecule has 1 aliphatic heterocycles. The average molecular weight is 469 g/mol. The summed E-state index contributed by atoms with van der Waals surface area (Å²) in [7, 11) is -0.466. The van der Waals surface area contributed by atoms with Gasteiger partial charge >= 0.3 is 0 Å². The molecular weight excluding hydrogens is 444 g/mol. The van der Waals surface area contributed by atoms with Crippen LogP contribution in [0, 0.1) is 0 Å². The summed E-state index contributed by atoms with van der Waals surface area (Å²) in [6.45, 7) is 1.91. The Balaban J connectivity index is 1.84. The van der Waals surface area contributed by atoms with Crippen molar-refractivity contribution in [2.75, 3.05) is 31.3 Å². The molecule has 2 aromatic carbocycles. The highest BCUT2D eigenvalue weighted by atomic mass is 35.5. The summed E-state index contributed by atoms with van der Waals surface area (Å²) in [6, 6.07) is 9.60. The minimum atomic E-state index is -3.58. The lowest BCUT2D eigenvalue weighted by molar-refractivity contribution is -0.128. The van der Waals surface area contributed by atoms with E-state index in [1.807, 2.05) is 6.92 Å². The molecule has 1 heterocycles. The molecule has 8 nitrogen and oxygen atoms in total. The highest BCUT2D eigenvalue weighted by Gasteiger charge is 2.32. The molecule has 2 aromatic rings. The first-order valence-corrected chi connectivity index (χ1v) is 11.8. The molecule has 1 aliphatic rings. The van der Waals surface area contributed by atoms with Gasteiger partial charge in [-0.15, -0.1) is 0 Å². The minimum Gasteiger partial charge on any atom is -0.497 e. The summed E-state index contributed by atoms with van der Waals surface area (Å²) >= 11 is 6.06. The van der Waals surface area contributed by atoms with Crippen molar-refractivity contribution in [3.05, 3.63) is 47.0 Å². The number of hydrogen-bond acceptors (Lipinski definition) is 6. The Morgan fingerprint density at radius 3 is 2.61 bits per heavy atom. The van der Waals surface area contributed by atoms with E-state index in [4.69, 9.17) is 25.8 Å². The van der Waals surface area contributed by atoms with Gasteiger partial charge < -0.3 is 19.5 Å². The Hall–Kier alpha value is -2.65. The molecule has 0 aromatic heterocycles. The smallest absolute Gasteiger partial charge is 0.261 e. The van der Waals surface area contributed by atoms with Crippen LogP contribution in [0.25, 0.3) is 0 Å². The van der Waals surface area contributed by atoms with E-state index in [9.17, 15) is 13.2 Å². The maximum Gasteiger partial charge on any atom is 0.261 e. The fraction of sp³-hybridized carbons (Fsp3) is 0.381. The molecule has 10 heteroatoms. The predicted molar refractivity (Wildman–Crippen MR) is 119 cm³/mol. The monoisotopic (exact) mass is 468 g/mol. The minimum absolute atomic E-state index is 0.0844. The van der Waals surface area contributed by atoms with E-state index >= 15 is 0 Å². The van der Waals surface area contributed by atoms with Crippen LogP contribution < -0.4 is 23.8 Å². The first kappa shape index (κ1) is 23.0. The second-order valence-electron chi connectivity index (χ2n) is 7.18. The Morgan fingerprint density at radius 2 is 1.97 bits per heavy atom. The highest BCUT2D eigenvalue weighted by molar-refractivity contribution is 7.92. The molecule has 0 radical (unpaired) electrons. The number of hydrogen-bond donors (Lipinski definition) is 1. The van der Waals surface area contributed by atoms with Crippen molar-refractivity contribution < 1.29 is 27.4 Å². The molecule has 2 atom stereocenters. The maximum absolute atomic E-state index is 13.0. The molecule has 0 spiro atoms. The molecule has 0 fully saturated rings. The van der Waals surface area contributed by atoms with Crippen LogP contribution in [0.2, 0.25) is 5.02 Å². The number of carbonyl (C=O) groups is 1. The van der Waals surface area contributed by atoms with Gasteiger partial charge in [-0.25, -0.2) is 8.42 Å². The fourth-order valence-corrected chi connectivity index (χ4v) is 4.55. The second-order valence-corrected chi connectivity index (χ2v) is 9.52. The number of fused-ring (bicyclic) bond motifs is 1. The molecule has 168 valence electrons. The van der Waals surface area contributed by atoms with E-state index in [0.717, 1.165) is 11.8 Å². The normalized spacial score (nSPS) is 17.1. The number of benzene rings is 2. The lowest BCUT2D eigenvalue weighted by Gasteiger charge is -2.22. The van der Waals surface area contributed by atoms with Gasteiger partial charge in [0.2, 0.25) is 10.0 Å². The van der Waals surface area contributed by atoms with E-state index < -0.39 is 22.2 Å². The molecule has 3 rings (SSSR count). The van der Waals surface area contributed by atoms with E-state index in [1.165, 1.54) is 10.4 Å². The van der Waals surface area contributed by atoms with Crippen LogP contribution in [-0.4, -0.2) is 47.4 Å². The zero-order chi connectivity index (χ0) is 22.8. The lowest BCUT2D eigenvalue weighted by atomic mass is 10.1. The molecule has 0 saturated carbocycles. The third-order valence-corrected chi connectivity index (χ3v) is 6.42. The molecule has 1 N–H and O–H groups in total. The lowest BCUT2D eigenvalue weighted by Crippen LogP contribution is -2.40. The Kier molecular flexibility index (Phi) is 6.86. The number of rotatable bonds is 6. The van der Waals surface area contributed by atoms with E-state index in [2.05, 4.69) is 5.32 Å². The standard InChI is InChI=1S/C21H25ClN2O6S/c1-13(16-12-15(28-2)6-8-18(16)29-3)23-21(25)20-9-10-24(31(4,26)27)17-11-14(22)5-7-19(17)30-20/h5-8,11-13,20H,9-10H2,1-4H3,(H,23,25)/t13-,20+/m0/s1. The summed E-state index contributed by atoms with van der Waals surface area (Å²) in [6.07, 6.45) is 0.397. The van der Waals surface area contributed by atoms with Crippen molar-refractivity contribution in [3.63, 3.8) is 0 Å². The van der Waals surface area contributed by atoms with Crippen molar-refractivity contribution in [1.82, 2.24) is 5.32 Å². The van der Waals surface area contributed by atoms with Gasteiger partial charge in [0.1, 0.15) is 17.2 Å². The van der Waals surface area contributed by atoms with Crippen LogP contribution in [0.3, 0.4) is 0 Å². The van der Waals surface area contributed by atoms with Crippen LogP contribution >= 0.6 is 11.6 Å². The largest absolute Gasteiger partial charge is 0.497 e. The van der Waals surface area contributed by atoms with Crippen molar-refractivity contribution in [1.29, 1.82) is 0 Å². The van der Waals surface area contributed by atoms with Gasteiger partial charge in [-0.2, -0.15) is 0 Å². The van der Waals surface area contributed by atoms with E-state index in [0.29, 0.717) is 22.2 Å². The van der Waals surface area contributed by atoms with Gasteiger partial charge in [-0.3, -0.25) is 9.10 Å². The zero-order valence-electron chi connectivity index (χ0n) is 17.7. The van der Waals surface area contributed by atoms with Gasteiger partial charge in [0.25, 0.3) is 5.91 Å². The SMILES string of the molecule is COc1ccc(OC)c([C@H](C)NC(=O)[C@H]2CCN(S(C)(=O)=O)c3cc(Cl)ccc3O2)c1. The maximum atomic E-state index is 13.0. The number of ether oxygens (including phenoxy) is 3. The fourth-order valence-electron chi connectivity index (χ4n) is 3.44. The van der Waals surface area contributed by atoms with Gasteiger partial charge in [0.05, 0.1) is 32.2 Å². The first-order chi connectivity index (χ1) is 14.6. The van der Waals surface area contributed by atoms with E-state index in [-0.39, 0.29) is 24.6 Å². The highest BCUT2D eigenvalue weighted by Crippen LogP contribution is 2.36. The molecule has 0 saturated heterocycles. The summed E-state index contributed by atoms with van der Waals surface area (Å²) in [5, 5.41) is 3.29. The van der Waals surface area contributed by atoms with Crippen LogP contribution in [0.15, 0.2) is 36.4 Å². The van der Waals surface area contributed by atoms with Crippen molar-refractivity contribution in [3.8, 4) is 17.2 Å². The third kappa shape index (κ3) is 5.16. The molecule has 0 bridgehead atoms. The van der Waals surface area contributed by atoms with Crippen LogP contribution in [0.5, 0.6) is 17.2 Å². The molecule has 31 heavy (non-hydrogen) atoms. The number of anilines is 1. The number of amides is 1.